The van der Waals surface area contributed by atoms with E-state index in [1.807, 2.05) is 6.07 Å². The van der Waals surface area contributed by atoms with Gasteiger partial charge in [-0.15, -0.1) is 0 Å². The monoisotopic (exact) mass is 356 g/mol. The molecule has 0 aliphatic heterocycles. The lowest BCUT2D eigenvalue weighted by Crippen LogP contribution is -2.11. The van der Waals surface area contributed by atoms with Gasteiger partial charge in [-0.2, -0.15) is 5.26 Å². The second-order valence-electron chi connectivity index (χ2n) is 5.01. The molecule has 0 saturated heterocycles. The molecule has 0 aliphatic carbocycles. The van der Waals surface area contributed by atoms with Gasteiger partial charge in [0.1, 0.15) is 6.61 Å². The Bertz CT molecular complexity index is 795. The molecule has 0 heterocycles. The molecule has 0 saturated carbocycles. The second-order valence-corrected chi connectivity index (χ2v) is 5.42. The number of ether oxygens (including phenoxy) is 2. The standard InChI is InChI=1S/C19H17ClN2O3/c1-24-11-12-25-19-16(20)3-2-4-17(19)22-18(23)10-9-14-5-7-15(13-21)8-6-14/h2-10H,11-12H2,1H3,(H,22,23)/b10-9+. The highest BCUT2D eigenvalue weighted by Crippen LogP contribution is 2.32. The molecule has 0 unspecified atom stereocenters. The average molecular weight is 357 g/mol. The number of hydrogen-bond acceptors (Lipinski definition) is 4. The molecule has 1 amide bonds. The van der Waals surface area contributed by atoms with Crippen molar-refractivity contribution in [2.45, 2.75) is 0 Å². The van der Waals surface area contributed by atoms with Gasteiger partial charge in [0.05, 0.1) is 28.9 Å². The van der Waals surface area contributed by atoms with Crippen LogP contribution < -0.4 is 10.1 Å². The Morgan fingerprint density at radius 1 is 1.24 bits per heavy atom. The quantitative estimate of drug-likeness (QED) is 0.603. The molecule has 0 spiro atoms. The van der Waals surface area contributed by atoms with Crippen LogP contribution in [0.15, 0.2) is 48.5 Å². The summed E-state index contributed by atoms with van der Waals surface area (Å²) in [7, 11) is 1.58. The number of nitriles is 1. The third kappa shape index (κ3) is 5.64. The van der Waals surface area contributed by atoms with E-state index in [2.05, 4.69) is 5.32 Å². The minimum Gasteiger partial charge on any atom is -0.487 e. The number of anilines is 1. The zero-order chi connectivity index (χ0) is 18.1. The molecule has 2 aromatic carbocycles. The maximum atomic E-state index is 12.1. The van der Waals surface area contributed by atoms with Crippen LogP contribution in [0.5, 0.6) is 5.75 Å². The van der Waals surface area contributed by atoms with Gasteiger partial charge in [0.25, 0.3) is 0 Å². The summed E-state index contributed by atoms with van der Waals surface area (Å²) < 4.78 is 10.5. The topological polar surface area (TPSA) is 71.3 Å². The molecule has 128 valence electrons. The number of carbonyl (C=O) groups is 1. The van der Waals surface area contributed by atoms with E-state index in [1.165, 1.54) is 6.08 Å². The number of nitrogens with zero attached hydrogens (tertiary/aromatic N) is 1. The molecule has 0 aromatic heterocycles. The van der Waals surface area contributed by atoms with Crippen LogP contribution in [0.2, 0.25) is 5.02 Å². The van der Waals surface area contributed by atoms with Crippen LogP contribution in [0, 0.1) is 11.3 Å². The van der Waals surface area contributed by atoms with Crippen LogP contribution in [-0.2, 0) is 9.53 Å². The molecule has 1 N–H and O–H groups in total. The first kappa shape index (κ1) is 18.5. The first-order valence-corrected chi connectivity index (χ1v) is 7.91. The summed E-state index contributed by atoms with van der Waals surface area (Å²) in [6.07, 6.45) is 3.06. The summed E-state index contributed by atoms with van der Waals surface area (Å²) in [5.74, 6) is 0.0876. The number of halogens is 1. The summed E-state index contributed by atoms with van der Waals surface area (Å²) in [5, 5.41) is 11.9. The second kappa shape index (κ2) is 9.48. The first-order chi connectivity index (χ1) is 12.1. The molecule has 2 rings (SSSR count). The van der Waals surface area contributed by atoms with E-state index in [1.54, 1.807) is 55.7 Å². The Kier molecular flexibility index (Phi) is 7.02. The van der Waals surface area contributed by atoms with Crippen LogP contribution in [0.1, 0.15) is 11.1 Å². The Morgan fingerprint density at radius 2 is 2.00 bits per heavy atom. The lowest BCUT2D eigenvalue weighted by atomic mass is 10.1. The molecule has 0 aliphatic rings. The molecule has 2 aromatic rings. The highest BCUT2D eigenvalue weighted by molar-refractivity contribution is 6.32. The van der Waals surface area contributed by atoms with Crippen molar-refractivity contribution in [1.29, 1.82) is 5.26 Å². The van der Waals surface area contributed by atoms with Gasteiger partial charge in [0.15, 0.2) is 5.75 Å². The number of benzene rings is 2. The van der Waals surface area contributed by atoms with Crippen LogP contribution >= 0.6 is 11.6 Å². The zero-order valence-corrected chi connectivity index (χ0v) is 14.4. The van der Waals surface area contributed by atoms with Gasteiger partial charge in [-0.05, 0) is 35.9 Å². The number of hydrogen-bond donors (Lipinski definition) is 1. The lowest BCUT2D eigenvalue weighted by Gasteiger charge is -2.13. The van der Waals surface area contributed by atoms with E-state index in [4.69, 9.17) is 26.3 Å². The van der Waals surface area contributed by atoms with Gasteiger partial charge in [-0.3, -0.25) is 4.79 Å². The van der Waals surface area contributed by atoms with Crippen molar-refractivity contribution in [3.8, 4) is 11.8 Å². The maximum Gasteiger partial charge on any atom is 0.248 e. The Labute approximate surface area is 151 Å². The predicted molar refractivity (Wildman–Crippen MR) is 97.6 cm³/mol. The largest absolute Gasteiger partial charge is 0.487 e. The van der Waals surface area contributed by atoms with Crippen molar-refractivity contribution in [2.75, 3.05) is 25.6 Å². The van der Waals surface area contributed by atoms with Gasteiger partial charge >= 0.3 is 0 Å². The van der Waals surface area contributed by atoms with Crippen LogP contribution in [0.4, 0.5) is 5.69 Å². The Hall–Kier alpha value is -2.81. The smallest absolute Gasteiger partial charge is 0.248 e. The number of para-hydroxylation sites is 1. The first-order valence-electron chi connectivity index (χ1n) is 7.53. The predicted octanol–water partition coefficient (Wildman–Crippen LogP) is 3.89. The third-order valence-electron chi connectivity index (χ3n) is 3.23. The SMILES string of the molecule is COCCOc1c(Cl)cccc1NC(=O)/C=C/c1ccc(C#N)cc1. The van der Waals surface area contributed by atoms with Crippen molar-refractivity contribution >= 4 is 29.3 Å². The van der Waals surface area contributed by atoms with Crippen LogP contribution in [0.25, 0.3) is 6.08 Å². The maximum absolute atomic E-state index is 12.1. The molecule has 0 fully saturated rings. The molecule has 0 bridgehead atoms. The van der Waals surface area contributed by atoms with E-state index >= 15 is 0 Å². The minimum absolute atomic E-state index is 0.316. The summed E-state index contributed by atoms with van der Waals surface area (Å²) >= 11 is 6.13. The fourth-order valence-corrected chi connectivity index (χ4v) is 2.23. The van der Waals surface area contributed by atoms with Gasteiger partial charge < -0.3 is 14.8 Å². The van der Waals surface area contributed by atoms with Crippen LogP contribution in [0.3, 0.4) is 0 Å². The van der Waals surface area contributed by atoms with E-state index < -0.39 is 0 Å². The van der Waals surface area contributed by atoms with E-state index in [0.29, 0.717) is 35.2 Å². The summed E-state index contributed by atoms with van der Waals surface area (Å²) in [5.41, 5.74) is 1.87. The number of methoxy groups -OCH3 is 1. The number of nitrogens with one attached hydrogen (secondary N) is 1. The van der Waals surface area contributed by atoms with Crippen molar-refractivity contribution in [2.24, 2.45) is 0 Å². The number of rotatable bonds is 7. The van der Waals surface area contributed by atoms with Crippen molar-refractivity contribution < 1.29 is 14.3 Å². The highest BCUT2D eigenvalue weighted by atomic mass is 35.5. The Balaban J connectivity index is 2.05. The molecular weight excluding hydrogens is 340 g/mol. The van der Waals surface area contributed by atoms with Gasteiger partial charge in [-0.1, -0.05) is 29.8 Å². The number of carbonyl (C=O) groups excluding carboxylic acids is 1. The molecule has 6 heteroatoms. The highest BCUT2D eigenvalue weighted by Gasteiger charge is 2.10. The fraction of sp³-hybridized carbons (Fsp3) is 0.158. The average Bonchev–Trinajstić information content (AvgIpc) is 2.63. The number of amides is 1. The van der Waals surface area contributed by atoms with E-state index in [0.717, 1.165) is 5.56 Å². The van der Waals surface area contributed by atoms with Gasteiger partial charge in [0.2, 0.25) is 5.91 Å². The zero-order valence-electron chi connectivity index (χ0n) is 13.7. The molecular formula is C19H17ClN2O3. The molecule has 25 heavy (non-hydrogen) atoms. The summed E-state index contributed by atoms with van der Waals surface area (Å²) in [4.78, 5) is 12.1. The summed E-state index contributed by atoms with van der Waals surface area (Å²) in [6.45, 7) is 0.737. The minimum atomic E-state index is -0.316. The molecule has 0 radical (unpaired) electrons. The molecule has 5 nitrogen and oxygen atoms in total. The van der Waals surface area contributed by atoms with E-state index in [-0.39, 0.29) is 5.91 Å². The Morgan fingerprint density at radius 3 is 2.68 bits per heavy atom. The van der Waals surface area contributed by atoms with Crippen LogP contribution in [-0.4, -0.2) is 26.2 Å². The molecule has 0 atom stereocenters. The lowest BCUT2D eigenvalue weighted by molar-refractivity contribution is -0.111. The van der Waals surface area contributed by atoms with Crippen molar-refractivity contribution in [1.82, 2.24) is 0 Å². The fourth-order valence-electron chi connectivity index (χ4n) is 2.00. The van der Waals surface area contributed by atoms with E-state index in [9.17, 15) is 4.79 Å². The van der Waals surface area contributed by atoms with Crippen molar-refractivity contribution in [3.63, 3.8) is 0 Å². The third-order valence-corrected chi connectivity index (χ3v) is 3.52. The van der Waals surface area contributed by atoms with Gasteiger partial charge in [-0.25, -0.2) is 0 Å². The van der Waals surface area contributed by atoms with Crippen molar-refractivity contribution in [3.05, 3.63) is 64.7 Å². The normalized spacial score (nSPS) is 10.4. The van der Waals surface area contributed by atoms with Gasteiger partial charge in [0, 0.05) is 13.2 Å². The summed E-state index contributed by atoms with van der Waals surface area (Å²) in [6, 6.07) is 14.1.